The van der Waals surface area contributed by atoms with Gasteiger partial charge in [0.1, 0.15) is 0 Å². The Morgan fingerprint density at radius 3 is 2.60 bits per heavy atom. The van der Waals surface area contributed by atoms with E-state index in [4.69, 9.17) is 17.3 Å². The van der Waals surface area contributed by atoms with Gasteiger partial charge >= 0.3 is 0 Å². The lowest BCUT2D eigenvalue weighted by Gasteiger charge is -2.40. The number of hydrogen-bond donors (Lipinski definition) is 1. The monoisotopic (exact) mass is 294 g/mol. The van der Waals surface area contributed by atoms with Crippen LogP contribution in [0.5, 0.6) is 0 Å². The van der Waals surface area contributed by atoms with E-state index in [1.54, 1.807) is 0 Å². The summed E-state index contributed by atoms with van der Waals surface area (Å²) in [6.45, 7) is 5.12. The summed E-state index contributed by atoms with van der Waals surface area (Å²) in [5.74, 6) is 0.791. The fraction of sp³-hybridized carbons (Fsp3) is 0.562. The molecule has 0 saturated carbocycles. The number of piperidine rings is 1. The summed E-state index contributed by atoms with van der Waals surface area (Å²) >= 11 is 5.94. The van der Waals surface area contributed by atoms with Crippen LogP contribution in [0.1, 0.15) is 44.7 Å². The van der Waals surface area contributed by atoms with Crippen molar-refractivity contribution in [3.05, 3.63) is 34.9 Å². The second kappa shape index (κ2) is 6.59. The number of rotatable bonds is 4. The molecule has 0 aliphatic carbocycles. The highest BCUT2D eigenvalue weighted by molar-refractivity contribution is 6.30. The molecule has 2 unspecified atom stereocenters. The molecule has 1 saturated heterocycles. The number of amides is 1. The van der Waals surface area contributed by atoms with Crippen molar-refractivity contribution in [3.8, 4) is 0 Å². The molecular formula is C16H23ClN2O. The molecule has 1 aliphatic heterocycles. The summed E-state index contributed by atoms with van der Waals surface area (Å²) in [6, 6.07) is 7.67. The van der Waals surface area contributed by atoms with E-state index in [1.165, 1.54) is 0 Å². The first-order chi connectivity index (χ1) is 9.49. The van der Waals surface area contributed by atoms with E-state index in [-0.39, 0.29) is 18.0 Å². The Bertz CT molecular complexity index is 458. The van der Waals surface area contributed by atoms with E-state index < -0.39 is 0 Å². The summed E-state index contributed by atoms with van der Waals surface area (Å²) in [4.78, 5) is 14.2. The number of carbonyl (C=O) groups is 1. The van der Waals surface area contributed by atoms with Gasteiger partial charge in [0, 0.05) is 24.0 Å². The summed E-state index contributed by atoms with van der Waals surface area (Å²) in [6.07, 6.45) is 2.32. The van der Waals surface area contributed by atoms with Gasteiger partial charge in [-0.05, 0) is 36.5 Å². The summed E-state index contributed by atoms with van der Waals surface area (Å²) in [7, 11) is 0. The van der Waals surface area contributed by atoms with Gasteiger partial charge in [0.25, 0.3) is 0 Å². The van der Waals surface area contributed by atoms with Crippen LogP contribution in [0.3, 0.4) is 0 Å². The van der Waals surface area contributed by atoms with Crippen LogP contribution < -0.4 is 5.73 Å². The van der Waals surface area contributed by atoms with Crippen molar-refractivity contribution in [3.63, 3.8) is 0 Å². The van der Waals surface area contributed by atoms with Crippen LogP contribution in [0.4, 0.5) is 0 Å². The molecule has 110 valence electrons. The number of nitrogens with two attached hydrogens (primary N) is 1. The van der Waals surface area contributed by atoms with Gasteiger partial charge in [0.2, 0.25) is 5.91 Å². The zero-order valence-electron chi connectivity index (χ0n) is 12.2. The minimum Gasteiger partial charge on any atom is -0.334 e. The summed E-state index contributed by atoms with van der Waals surface area (Å²) in [5, 5.41) is 0.707. The molecular weight excluding hydrogens is 272 g/mol. The number of hydrogen-bond acceptors (Lipinski definition) is 2. The van der Waals surface area contributed by atoms with Crippen molar-refractivity contribution in [1.82, 2.24) is 4.90 Å². The van der Waals surface area contributed by atoms with Gasteiger partial charge in [-0.15, -0.1) is 0 Å². The second-order valence-corrected chi connectivity index (χ2v) is 6.41. The van der Waals surface area contributed by atoms with Crippen LogP contribution in [0.25, 0.3) is 0 Å². The topological polar surface area (TPSA) is 46.3 Å². The minimum absolute atomic E-state index is 0.000961. The van der Waals surface area contributed by atoms with Crippen molar-refractivity contribution >= 4 is 17.5 Å². The number of benzene rings is 1. The Balaban J connectivity index is 2.23. The van der Waals surface area contributed by atoms with Crippen LogP contribution >= 0.6 is 11.6 Å². The van der Waals surface area contributed by atoms with Crippen molar-refractivity contribution in [1.29, 1.82) is 0 Å². The molecule has 1 heterocycles. The molecule has 2 rings (SSSR count). The van der Waals surface area contributed by atoms with E-state index in [0.717, 1.165) is 24.9 Å². The highest BCUT2D eigenvalue weighted by atomic mass is 35.5. The van der Waals surface area contributed by atoms with Crippen LogP contribution in [-0.4, -0.2) is 23.4 Å². The smallest absolute Gasteiger partial charge is 0.223 e. The maximum Gasteiger partial charge on any atom is 0.223 e. The quantitative estimate of drug-likeness (QED) is 0.925. The molecule has 0 spiro atoms. The van der Waals surface area contributed by atoms with Gasteiger partial charge in [-0.25, -0.2) is 0 Å². The molecule has 0 bridgehead atoms. The van der Waals surface area contributed by atoms with E-state index in [1.807, 2.05) is 29.2 Å². The fourth-order valence-electron chi connectivity index (χ4n) is 2.73. The normalized spacial score (nSPS) is 23.4. The van der Waals surface area contributed by atoms with Crippen LogP contribution in [0.15, 0.2) is 24.3 Å². The number of likely N-dealkylation sites (tertiary alicyclic amines) is 1. The molecule has 0 aromatic heterocycles. The Morgan fingerprint density at radius 2 is 2.00 bits per heavy atom. The molecule has 1 aliphatic rings. The predicted molar refractivity (Wildman–Crippen MR) is 82.6 cm³/mol. The van der Waals surface area contributed by atoms with Gasteiger partial charge in [0.05, 0.1) is 6.04 Å². The van der Waals surface area contributed by atoms with Gasteiger partial charge in [0.15, 0.2) is 0 Å². The van der Waals surface area contributed by atoms with Crippen LogP contribution in [0.2, 0.25) is 5.02 Å². The molecule has 1 fully saturated rings. The number of halogens is 1. The van der Waals surface area contributed by atoms with E-state index in [0.29, 0.717) is 17.4 Å². The molecule has 1 aromatic carbocycles. The summed E-state index contributed by atoms with van der Waals surface area (Å²) in [5.41, 5.74) is 7.36. The zero-order valence-corrected chi connectivity index (χ0v) is 12.9. The largest absolute Gasteiger partial charge is 0.334 e. The highest BCUT2D eigenvalue weighted by Gasteiger charge is 2.34. The third-order valence-corrected chi connectivity index (χ3v) is 4.16. The van der Waals surface area contributed by atoms with Gasteiger partial charge in [-0.1, -0.05) is 37.6 Å². The molecule has 1 amide bonds. The average molecular weight is 295 g/mol. The molecule has 4 heteroatoms. The molecule has 2 N–H and O–H groups in total. The highest BCUT2D eigenvalue weighted by Crippen LogP contribution is 2.32. The average Bonchev–Trinajstić information content (AvgIpc) is 2.41. The lowest BCUT2D eigenvalue weighted by atomic mass is 9.90. The minimum atomic E-state index is -0.0210. The van der Waals surface area contributed by atoms with Crippen molar-refractivity contribution in [2.24, 2.45) is 11.7 Å². The summed E-state index contributed by atoms with van der Waals surface area (Å²) < 4.78 is 0. The fourth-order valence-corrected chi connectivity index (χ4v) is 2.85. The van der Waals surface area contributed by atoms with Crippen LogP contribution in [0, 0.1) is 5.92 Å². The third kappa shape index (κ3) is 3.53. The SMILES string of the molecule is CC(C)CCN1C(=O)CCC(N)C1c1ccc(Cl)cc1. The van der Waals surface area contributed by atoms with Gasteiger partial charge in [-0.2, -0.15) is 0 Å². The first-order valence-corrected chi connectivity index (χ1v) is 7.67. The maximum absolute atomic E-state index is 12.2. The Labute approximate surface area is 126 Å². The lowest BCUT2D eigenvalue weighted by Crippen LogP contribution is -2.49. The van der Waals surface area contributed by atoms with E-state index >= 15 is 0 Å². The van der Waals surface area contributed by atoms with Gasteiger partial charge < -0.3 is 10.6 Å². The van der Waals surface area contributed by atoms with E-state index in [9.17, 15) is 4.79 Å². The predicted octanol–water partition coefficient (Wildman–Crippen LogP) is 3.38. The lowest BCUT2D eigenvalue weighted by molar-refractivity contribution is -0.137. The Kier molecular flexibility index (Phi) is 5.06. The molecule has 1 aromatic rings. The molecule has 0 radical (unpaired) electrons. The zero-order chi connectivity index (χ0) is 14.7. The standard InChI is InChI=1S/C16H23ClN2O/c1-11(2)9-10-19-15(20)8-7-14(18)16(19)12-3-5-13(17)6-4-12/h3-6,11,14,16H,7-10,18H2,1-2H3. The Morgan fingerprint density at radius 1 is 1.35 bits per heavy atom. The van der Waals surface area contributed by atoms with Crippen LogP contribution in [-0.2, 0) is 4.79 Å². The molecule has 2 atom stereocenters. The molecule has 20 heavy (non-hydrogen) atoms. The first-order valence-electron chi connectivity index (χ1n) is 7.29. The third-order valence-electron chi connectivity index (χ3n) is 3.91. The number of nitrogens with zero attached hydrogens (tertiary/aromatic N) is 1. The van der Waals surface area contributed by atoms with Crippen molar-refractivity contribution in [2.45, 2.75) is 45.2 Å². The molecule has 3 nitrogen and oxygen atoms in total. The van der Waals surface area contributed by atoms with Crippen molar-refractivity contribution < 1.29 is 4.79 Å². The van der Waals surface area contributed by atoms with Crippen molar-refractivity contribution in [2.75, 3.05) is 6.54 Å². The maximum atomic E-state index is 12.2. The Hall–Kier alpha value is -1.06. The van der Waals surface area contributed by atoms with Gasteiger partial charge in [-0.3, -0.25) is 4.79 Å². The van der Waals surface area contributed by atoms with E-state index in [2.05, 4.69) is 13.8 Å². The first kappa shape index (κ1) is 15.3. The second-order valence-electron chi connectivity index (χ2n) is 5.97. The number of carbonyl (C=O) groups excluding carboxylic acids is 1.